The Hall–Kier alpha value is -1.40. The first kappa shape index (κ1) is 26.6. The van der Waals surface area contributed by atoms with E-state index in [9.17, 15) is 8.78 Å². The van der Waals surface area contributed by atoms with Crippen LogP contribution < -0.4 is 20.1 Å². The predicted octanol–water partition coefficient (Wildman–Crippen LogP) is 3.08. The van der Waals surface area contributed by atoms with E-state index in [0.717, 1.165) is 26.1 Å². The normalized spacial score (nSPS) is 17.0. The highest BCUT2D eigenvalue weighted by Crippen LogP contribution is 2.32. The average molecular weight is 542 g/mol. The minimum Gasteiger partial charge on any atom is -0.490 e. The lowest BCUT2D eigenvalue weighted by atomic mass is 10.2. The number of para-hydroxylation sites is 1. The number of hydrogen-bond donors (Lipinski definition) is 2. The van der Waals surface area contributed by atoms with E-state index in [-0.39, 0.29) is 36.3 Å². The molecule has 1 aromatic rings. The third-order valence-corrected chi connectivity index (χ3v) is 4.82. The summed E-state index contributed by atoms with van der Waals surface area (Å²) < 4.78 is 41.0. The van der Waals surface area contributed by atoms with Gasteiger partial charge in [-0.15, -0.1) is 24.0 Å². The van der Waals surface area contributed by atoms with Gasteiger partial charge in [0, 0.05) is 45.4 Å². The van der Waals surface area contributed by atoms with Gasteiger partial charge in [0.25, 0.3) is 0 Å². The second kappa shape index (κ2) is 14.6. The molecule has 0 aliphatic carbocycles. The van der Waals surface area contributed by atoms with Crippen LogP contribution in [0.4, 0.5) is 8.78 Å². The van der Waals surface area contributed by atoms with Gasteiger partial charge < -0.3 is 24.8 Å². The molecule has 2 N–H and O–H groups in total. The van der Waals surface area contributed by atoms with Crippen LogP contribution in [-0.4, -0.2) is 70.5 Å². The molecule has 7 nitrogen and oxygen atoms in total. The summed E-state index contributed by atoms with van der Waals surface area (Å²) in [6.45, 7) is 2.96. The number of rotatable bonds is 11. The van der Waals surface area contributed by atoms with Crippen molar-refractivity contribution in [3.63, 3.8) is 0 Å². The zero-order chi connectivity index (χ0) is 21.1. The van der Waals surface area contributed by atoms with Crippen LogP contribution in [-0.2, 0) is 11.3 Å². The first-order valence-electron chi connectivity index (χ1n) is 9.96. The number of nitrogens with zero attached hydrogens (tertiary/aromatic N) is 2. The Kier molecular flexibility index (Phi) is 12.9. The highest BCUT2D eigenvalue weighted by Gasteiger charge is 2.24. The van der Waals surface area contributed by atoms with E-state index in [1.807, 2.05) is 0 Å². The van der Waals surface area contributed by atoms with E-state index < -0.39 is 6.61 Å². The van der Waals surface area contributed by atoms with Crippen molar-refractivity contribution in [1.82, 2.24) is 15.5 Å². The second-order valence-corrected chi connectivity index (χ2v) is 6.69. The van der Waals surface area contributed by atoms with Crippen molar-refractivity contribution in [1.29, 1.82) is 0 Å². The molecule has 1 aliphatic rings. The highest BCUT2D eigenvalue weighted by atomic mass is 127. The first-order valence-corrected chi connectivity index (χ1v) is 9.96. The lowest BCUT2D eigenvalue weighted by Crippen LogP contribution is -2.45. The standard InChI is InChI=1S/C20H32F2N4O3.HI/c1-4-28-17-9-5-7-15(18(17)29-19(21)22)13-24-20(23-2)25-14-16-8-6-10-26(16)11-12-27-3;/h5,7,9,16,19H,4,6,8,10-14H2,1-3H3,(H2,23,24,25);1H. The number of likely N-dealkylation sites (tertiary alicyclic amines) is 1. The summed E-state index contributed by atoms with van der Waals surface area (Å²) in [4.78, 5) is 6.64. The van der Waals surface area contributed by atoms with Crippen molar-refractivity contribution in [2.75, 3.05) is 47.0 Å². The molecular formula is C20H33F2IN4O3. The van der Waals surface area contributed by atoms with Crippen molar-refractivity contribution < 1.29 is 23.0 Å². The van der Waals surface area contributed by atoms with Gasteiger partial charge >= 0.3 is 6.61 Å². The number of hydrogen-bond acceptors (Lipinski definition) is 5. The van der Waals surface area contributed by atoms with Gasteiger partial charge in [-0.05, 0) is 32.4 Å². The number of ether oxygens (including phenoxy) is 3. The van der Waals surface area contributed by atoms with E-state index in [0.29, 0.717) is 36.5 Å². The number of benzene rings is 1. The van der Waals surface area contributed by atoms with Gasteiger partial charge in [-0.25, -0.2) is 0 Å². The van der Waals surface area contributed by atoms with Crippen molar-refractivity contribution >= 4 is 29.9 Å². The Bertz CT molecular complexity index is 652. The third-order valence-electron chi connectivity index (χ3n) is 4.82. The quantitative estimate of drug-likeness (QED) is 0.255. The lowest BCUT2D eigenvalue weighted by Gasteiger charge is -2.25. The molecular weight excluding hydrogens is 509 g/mol. The molecule has 0 radical (unpaired) electrons. The van der Waals surface area contributed by atoms with Crippen LogP contribution in [0.5, 0.6) is 11.5 Å². The molecule has 0 aromatic heterocycles. The zero-order valence-electron chi connectivity index (χ0n) is 17.8. The summed E-state index contributed by atoms with van der Waals surface area (Å²) in [6.07, 6.45) is 2.29. The minimum atomic E-state index is -2.92. The average Bonchev–Trinajstić information content (AvgIpc) is 3.15. The Balaban J connectivity index is 0.00000450. The summed E-state index contributed by atoms with van der Waals surface area (Å²) in [7, 11) is 3.39. The minimum absolute atomic E-state index is 0. The molecule has 172 valence electrons. The van der Waals surface area contributed by atoms with Gasteiger partial charge in [-0.2, -0.15) is 8.78 Å². The molecule has 1 aliphatic heterocycles. The zero-order valence-corrected chi connectivity index (χ0v) is 20.2. The Morgan fingerprint density at radius 2 is 2.13 bits per heavy atom. The first-order chi connectivity index (χ1) is 14.1. The molecule has 2 rings (SSSR count). The van der Waals surface area contributed by atoms with Crippen LogP contribution >= 0.6 is 24.0 Å². The molecule has 1 saturated heterocycles. The maximum atomic E-state index is 12.9. The van der Waals surface area contributed by atoms with E-state index >= 15 is 0 Å². The van der Waals surface area contributed by atoms with Gasteiger partial charge in [-0.1, -0.05) is 12.1 Å². The summed E-state index contributed by atoms with van der Waals surface area (Å²) in [5, 5.41) is 6.49. The smallest absolute Gasteiger partial charge is 0.387 e. The number of halogens is 3. The summed E-state index contributed by atoms with van der Waals surface area (Å²) in [5.41, 5.74) is 0.571. The SMILES string of the molecule is CCOc1cccc(CNC(=NC)NCC2CCCN2CCOC)c1OC(F)F.I. The molecule has 0 amide bonds. The van der Waals surface area contributed by atoms with Gasteiger partial charge in [0.1, 0.15) is 0 Å². The molecule has 1 aromatic carbocycles. The fraction of sp³-hybridized carbons (Fsp3) is 0.650. The van der Waals surface area contributed by atoms with E-state index in [1.165, 1.54) is 6.42 Å². The number of guanidine groups is 1. The molecule has 1 fully saturated rings. The Labute approximate surface area is 194 Å². The maximum absolute atomic E-state index is 12.9. The molecule has 1 atom stereocenters. The van der Waals surface area contributed by atoms with E-state index in [4.69, 9.17) is 14.2 Å². The van der Waals surface area contributed by atoms with Crippen molar-refractivity contribution in [3.8, 4) is 11.5 Å². The van der Waals surface area contributed by atoms with Crippen molar-refractivity contribution in [2.45, 2.75) is 39.0 Å². The number of nitrogens with one attached hydrogen (secondary N) is 2. The Morgan fingerprint density at radius 3 is 2.80 bits per heavy atom. The van der Waals surface area contributed by atoms with Crippen LogP contribution in [0.15, 0.2) is 23.2 Å². The number of methoxy groups -OCH3 is 1. The van der Waals surface area contributed by atoms with Crippen LogP contribution in [0, 0.1) is 0 Å². The van der Waals surface area contributed by atoms with Gasteiger partial charge in [-0.3, -0.25) is 9.89 Å². The lowest BCUT2D eigenvalue weighted by molar-refractivity contribution is -0.0520. The highest BCUT2D eigenvalue weighted by molar-refractivity contribution is 14.0. The van der Waals surface area contributed by atoms with Crippen LogP contribution in [0.3, 0.4) is 0 Å². The molecule has 10 heteroatoms. The number of aliphatic imine (C=N–C) groups is 1. The summed E-state index contributed by atoms with van der Waals surface area (Å²) in [5.74, 6) is 0.956. The second-order valence-electron chi connectivity index (χ2n) is 6.69. The predicted molar refractivity (Wildman–Crippen MR) is 124 cm³/mol. The molecule has 1 heterocycles. The van der Waals surface area contributed by atoms with Gasteiger partial charge in [0.05, 0.1) is 13.2 Å². The fourth-order valence-electron chi connectivity index (χ4n) is 3.44. The van der Waals surface area contributed by atoms with E-state index in [1.54, 1.807) is 39.3 Å². The van der Waals surface area contributed by atoms with Gasteiger partial charge in [0.15, 0.2) is 17.5 Å². The van der Waals surface area contributed by atoms with Crippen LogP contribution in [0.1, 0.15) is 25.3 Å². The summed E-state index contributed by atoms with van der Waals surface area (Å²) >= 11 is 0. The monoisotopic (exact) mass is 542 g/mol. The molecule has 0 bridgehead atoms. The van der Waals surface area contributed by atoms with Crippen LogP contribution in [0.2, 0.25) is 0 Å². The third kappa shape index (κ3) is 8.38. The fourth-order valence-corrected chi connectivity index (χ4v) is 3.44. The van der Waals surface area contributed by atoms with Crippen molar-refractivity contribution in [3.05, 3.63) is 23.8 Å². The maximum Gasteiger partial charge on any atom is 0.387 e. The van der Waals surface area contributed by atoms with Crippen molar-refractivity contribution in [2.24, 2.45) is 4.99 Å². The molecule has 30 heavy (non-hydrogen) atoms. The Morgan fingerprint density at radius 1 is 1.33 bits per heavy atom. The van der Waals surface area contributed by atoms with Gasteiger partial charge in [0.2, 0.25) is 0 Å². The van der Waals surface area contributed by atoms with E-state index in [2.05, 4.69) is 20.5 Å². The number of alkyl halides is 2. The molecule has 0 saturated carbocycles. The molecule has 1 unspecified atom stereocenters. The molecule has 0 spiro atoms. The largest absolute Gasteiger partial charge is 0.490 e. The summed E-state index contributed by atoms with van der Waals surface area (Å²) in [6, 6.07) is 5.52. The topological polar surface area (TPSA) is 67.4 Å². The van der Waals surface area contributed by atoms with Crippen LogP contribution in [0.25, 0.3) is 0 Å².